The van der Waals surface area contributed by atoms with Crippen LogP contribution in [0.3, 0.4) is 0 Å². The lowest BCUT2D eigenvalue weighted by Gasteiger charge is -2.39. The number of ketones is 1. The topological polar surface area (TPSA) is 55.9 Å². The summed E-state index contributed by atoms with van der Waals surface area (Å²) in [6, 6.07) is 18.8. The molecule has 1 N–H and O–H groups in total. The van der Waals surface area contributed by atoms with Crippen LogP contribution in [0.5, 0.6) is 0 Å². The highest BCUT2D eigenvalue weighted by atomic mass is 16.2. The molecule has 6 nitrogen and oxygen atoms in total. The van der Waals surface area contributed by atoms with Gasteiger partial charge in [0, 0.05) is 13.0 Å². The first-order chi connectivity index (χ1) is 16.5. The van der Waals surface area contributed by atoms with Crippen molar-refractivity contribution in [3.8, 4) is 0 Å². The Kier molecular flexibility index (Phi) is 8.35. The Bertz CT molecular complexity index is 964. The molecule has 0 saturated carbocycles. The van der Waals surface area contributed by atoms with Crippen molar-refractivity contribution in [2.75, 3.05) is 18.6 Å². The molecule has 6 heteroatoms. The molecule has 1 fully saturated rings. The summed E-state index contributed by atoms with van der Waals surface area (Å²) in [4.78, 5) is 27.0. The molecule has 1 amide bonds. The number of nitrogens with one attached hydrogen (secondary N) is 1. The van der Waals surface area contributed by atoms with Crippen LogP contribution in [0.4, 0.5) is 11.4 Å². The largest absolute Gasteiger partial charge is 0.338 e. The zero-order valence-corrected chi connectivity index (χ0v) is 20.6. The summed E-state index contributed by atoms with van der Waals surface area (Å²) < 4.78 is 0. The average molecular weight is 463 g/mol. The summed E-state index contributed by atoms with van der Waals surface area (Å²) in [5, 5.41) is 8.01. The van der Waals surface area contributed by atoms with Gasteiger partial charge in [0.25, 0.3) is 0 Å². The molecule has 2 aliphatic heterocycles. The third-order valence-corrected chi connectivity index (χ3v) is 7.06. The standard InChI is InChI=1S/C28H38N4O2/c1-22(33)13-5-3-8-19-27(29-28(34)26-18-11-12-20-30(26)2)31-21-23-14-9-10-17-25(23)32(31)24-15-6-4-7-16-24/h4,6-7,9-10,14-17,26-27H,3,5,8,11-13,18-21H2,1-2H3,(H,29,34)/t26?,27-/m0/s1. The molecular weight excluding hydrogens is 424 g/mol. The number of rotatable bonds is 10. The SMILES string of the molecule is CC(=O)CCCCC[C@@H](NC(=O)C1CCCCN1C)N1Cc2ccccc2N1c1ccccc1. The number of unbranched alkanes of at least 4 members (excludes halogenated alkanes) is 2. The zero-order chi connectivity index (χ0) is 23.9. The fourth-order valence-corrected chi connectivity index (χ4v) is 5.19. The fraction of sp³-hybridized carbons (Fsp3) is 0.500. The smallest absolute Gasteiger partial charge is 0.238 e. The van der Waals surface area contributed by atoms with Gasteiger partial charge in [-0.05, 0) is 76.4 Å². The van der Waals surface area contributed by atoms with Crippen molar-refractivity contribution in [2.45, 2.75) is 77.0 Å². The van der Waals surface area contributed by atoms with Crippen LogP contribution in [-0.2, 0) is 16.1 Å². The quantitative estimate of drug-likeness (QED) is 0.503. The number of hydrazine groups is 1. The number of likely N-dealkylation sites (N-methyl/N-ethyl adjacent to an activating group) is 1. The van der Waals surface area contributed by atoms with Crippen molar-refractivity contribution in [1.29, 1.82) is 0 Å². The summed E-state index contributed by atoms with van der Waals surface area (Å²) in [5.41, 5.74) is 3.52. The van der Waals surface area contributed by atoms with Crippen LogP contribution >= 0.6 is 0 Å². The first-order valence-electron chi connectivity index (χ1n) is 12.7. The number of para-hydroxylation sites is 2. The van der Waals surface area contributed by atoms with Crippen molar-refractivity contribution in [3.63, 3.8) is 0 Å². The van der Waals surface area contributed by atoms with Crippen LogP contribution in [0.15, 0.2) is 54.6 Å². The van der Waals surface area contributed by atoms with Crippen LogP contribution in [0, 0.1) is 0 Å². The Balaban J connectivity index is 1.56. The maximum absolute atomic E-state index is 13.4. The molecule has 0 bridgehead atoms. The van der Waals surface area contributed by atoms with Gasteiger partial charge in [0.05, 0.1) is 17.4 Å². The number of fused-ring (bicyclic) bond motifs is 1. The number of carbonyl (C=O) groups is 2. The highest BCUT2D eigenvalue weighted by Crippen LogP contribution is 2.38. The molecule has 0 radical (unpaired) electrons. The summed E-state index contributed by atoms with van der Waals surface area (Å²) >= 11 is 0. The van der Waals surface area contributed by atoms with E-state index in [2.05, 4.69) is 75.8 Å². The number of likely N-dealkylation sites (tertiary alicyclic amines) is 1. The van der Waals surface area contributed by atoms with Gasteiger partial charge < -0.3 is 10.1 Å². The lowest BCUT2D eigenvalue weighted by molar-refractivity contribution is -0.129. The molecule has 2 atom stereocenters. The van der Waals surface area contributed by atoms with Crippen molar-refractivity contribution in [1.82, 2.24) is 15.2 Å². The number of anilines is 2. The van der Waals surface area contributed by atoms with Gasteiger partial charge in [0.1, 0.15) is 11.9 Å². The number of amides is 1. The monoisotopic (exact) mass is 462 g/mol. The number of benzene rings is 2. The normalized spacial score (nSPS) is 19.6. The van der Waals surface area contributed by atoms with Gasteiger partial charge in [-0.2, -0.15) is 5.01 Å². The lowest BCUT2D eigenvalue weighted by Crippen LogP contribution is -2.56. The molecule has 182 valence electrons. The zero-order valence-electron chi connectivity index (χ0n) is 20.6. The second-order valence-corrected chi connectivity index (χ2v) is 9.69. The second-order valence-electron chi connectivity index (χ2n) is 9.69. The van der Waals surface area contributed by atoms with Crippen molar-refractivity contribution in [3.05, 3.63) is 60.2 Å². The maximum atomic E-state index is 13.4. The van der Waals surface area contributed by atoms with Gasteiger partial charge >= 0.3 is 0 Å². The first-order valence-corrected chi connectivity index (χ1v) is 12.7. The van der Waals surface area contributed by atoms with Crippen LogP contribution < -0.4 is 10.3 Å². The molecule has 0 spiro atoms. The number of carbonyl (C=O) groups excluding carboxylic acids is 2. The Morgan fingerprint density at radius 1 is 1.00 bits per heavy atom. The molecular formula is C28H38N4O2. The predicted molar refractivity (Wildman–Crippen MR) is 137 cm³/mol. The Hall–Kier alpha value is -2.70. The number of hydrogen-bond donors (Lipinski definition) is 1. The molecule has 2 aromatic carbocycles. The van der Waals surface area contributed by atoms with Gasteiger partial charge in [0.15, 0.2) is 0 Å². The molecule has 1 saturated heterocycles. The van der Waals surface area contributed by atoms with E-state index in [9.17, 15) is 9.59 Å². The summed E-state index contributed by atoms with van der Waals surface area (Å²) in [6.45, 7) is 3.38. The van der Waals surface area contributed by atoms with Crippen molar-refractivity contribution < 1.29 is 9.59 Å². The molecule has 2 aliphatic rings. The third kappa shape index (κ3) is 5.86. The van der Waals surface area contributed by atoms with Crippen molar-refractivity contribution in [2.24, 2.45) is 0 Å². The summed E-state index contributed by atoms with van der Waals surface area (Å²) in [7, 11) is 2.06. The average Bonchev–Trinajstić information content (AvgIpc) is 3.23. The van der Waals surface area contributed by atoms with Crippen molar-refractivity contribution >= 4 is 23.1 Å². The van der Waals surface area contributed by atoms with Gasteiger partial charge in [-0.1, -0.05) is 49.2 Å². The van der Waals surface area contributed by atoms with E-state index in [0.717, 1.165) is 63.7 Å². The Labute approximate surface area is 203 Å². The summed E-state index contributed by atoms with van der Waals surface area (Å²) in [6.07, 6.45) is 7.39. The fourth-order valence-electron chi connectivity index (χ4n) is 5.19. The molecule has 34 heavy (non-hydrogen) atoms. The number of nitrogens with zero attached hydrogens (tertiary/aromatic N) is 3. The van der Waals surface area contributed by atoms with Crippen LogP contribution in [-0.4, -0.2) is 47.4 Å². The third-order valence-electron chi connectivity index (χ3n) is 7.06. The van der Waals surface area contributed by atoms with Crippen LogP contribution in [0.25, 0.3) is 0 Å². The highest BCUT2D eigenvalue weighted by molar-refractivity contribution is 5.82. The Morgan fingerprint density at radius 3 is 2.53 bits per heavy atom. The first kappa shape index (κ1) is 24.4. The molecule has 2 aromatic rings. The lowest BCUT2D eigenvalue weighted by atomic mass is 10.0. The minimum Gasteiger partial charge on any atom is -0.338 e. The van der Waals surface area contributed by atoms with E-state index < -0.39 is 0 Å². The van der Waals surface area contributed by atoms with E-state index in [0.29, 0.717) is 6.42 Å². The second kappa shape index (κ2) is 11.6. The van der Waals surface area contributed by atoms with E-state index in [1.807, 2.05) is 6.07 Å². The van der Waals surface area contributed by atoms with Gasteiger partial charge in [-0.25, -0.2) is 0 Å². The van der Waals surface area contributed by atoms with Crippen LogP contribution in [0.2, 0.25) is 0 Å². The molecule has 0 aromatic heterocycles. The maximum Gasteiger partial charge on any atom is 0.238 e. The van der Waals surface area contributed by atoms with E-state index in [1.54, 1.807) is 6.92 Å². The van der Waals surface area contributed by atoms with E-state index in [1.165, 1.54) is 11.3 Å². The van der Waals surface area contributed by atoms with E-state index in [4.69, 9.17) is 0 Å². The molecule has 0 aliphatic carbocycles. The summed E-state index contributed by atoms with van der Waals surface area (Å²) in [5.74, 6) is 0.371. The van der Waals surface area contributed by atoms with Gasteiger partial charge in [-0.3, -0.25) is 14.7 Å². The molecule has 2 heterocycles. The Morgan fingerprint density at radius 2 is 1.76 bits per heavy atom. The van der Waals surface area contributed by atoms with Gasteiger partial charge in [0.2, 0.25) is 5.91 Å². The van der Waals surface area contributed by atoms with E-state index in [-0.39, 0.29) is 23.9 Å². The minimum absolute atomic E-state index is 0.0656. The molecule has 1 unspecified atom stereocenters. The van der Waals surface area contributed by atoms with Gasteiger partial charge in [-0.15, -0.1) is 0 Å². The number of Topliss-reactive ketones (excluding diaryl/α,β-unsaturated/α-hetero) is 1. The molecule has 4 rings (SSSR count). The number of piperidine rings is 1. The number of hydrogen-bond acceptors (Lipinski definition) is 5. The predicted octanol–water partition coefficient (Wildman–Crippen LogP) is 5.02. The minimum atomic E-state index is -0.118. The highest BCUT2D eigenvalue weighted by Gasteiger charge is 2.36. The van der Waals surface area contributed by atoms with Crippen LogP contribution in [0.1, 0.15) is 63.9 Å². The van der Waals surface area contributed by atoms with E-state index >= 15 is 0 Å².